The number of carboxylic acid groups (broad SMARTS) is 1. The molecule has 0 unspecified atom stereocenters. The minimum Gasteiger partial charge on any atom is -0.478 e. The molecule has 0 bridgehead atoms. The summed E-state index contributed by atoms with van der Waals surface area (Å²) in [4.78, 5) is 16.8. The summed E-state index contributed by atoms with van der Waals surface area (Å²) in [6.45, 7) is 2.47. The number of furan rings is 1. The van der Waals surface area contributed by atoms with Crippen molar-refractivity contribution in [2.24, 2.45) is 0 Å². The third kappa shape index (κ3) is 2.34. The second-order valence-electron chi connectivity index (χ2n) is 4.06. The fourth-order valence-electron chi connectivity index (χ4n) is 1.80. The van der Waals surface area contributed by atoms with Crippen molar-refractivity contribution < 1.29 is 14.3 Å². The first kappa shape index (κ1) is 12.2. The highest BCUT2D eigenvalue weighted by Crippen LogP contribution is 2.21. The van der Waals surface area contributed by atoms with Gasteiger partial charge >= 0.3 is 5.97 Å². The van der Waals surface area contributed by atoms with Gasteiger partial charge in [-0.3, -0.25) is 4.98 Å². The van der Waals surface area contributed by atoms with Crippen LogP contribution in [-0.4, -0.2) is 23.1 Å². The summed E-state index contributed by atoms with van der Waals surface area (Å²) in [5.41, 5.74) is 1.87. The Balaban J connectivity index is 2.26. The summed E-state index contributed by atoms with van der Waals surface area (Å²) < 4.78 is 5.22. The largest absolute Gasteiger partial charge is 0.478 e. The van der Waals surface area contributed by atoms with Crippen LogP contribution in [0.4, 0.5) is 5.69 Å². The maximum atomic E-state index is 11.1. The average Bonchev–Trinajstić information content (AvgIpc) is 2.75. The van der Waals surface area contributed by atoms with Gasteiger partial charge in [-0.05, 0) is 19.1 Å². The zero-order chi connectivity index (χ0) is 13.1. The Kier molecular flexibility index (Phi) is 3.32. The van der Waals surface area contributed by atoms with Crippen molar-refractivity contribution >= 4 is 11.7 Å². The predicted molar refractivity (Wildman–Crippen MR) is 66.7 cm³/mol. The Morgan fingerprint density at radius 2 is 2.28 bits per heavy atom. The van der Waals surface area contributed by atoms with Crippen LogP contribution in [0.2, 0.25) is 0 Å². The molecule has 94 valence electrons. The highest BCUT2D eigenvalue weighted by Gasteiger charge is 2.14. The number of hydrogen-bond donors (Lipinski definition) is 1. The van der Waals surface area contributed by atoms with E-state index < -0.39 is 5.97 Å². The SMILES string of the molecule is Cc1occc1CN(C)c1ccncc1C(=O)O. The minimum atomic E-state index is -0.978. The maximum absolute atomic E-state index is 11.1. The van der Waals surface area contributed by atoms with Gasteiger partial charge in [0.05, 0.1) is 12.0 Å². The molecule has 18 heavy (non-hydrogen) atoms. The molecule has 0 amide bonds. The summed E-state index contributed by atoms with van der Waals surface area (Å²) in [5, 5.41) is 9.11. The molecule has 0 saturated heterocycles. The van der Waals surface area contributed by atoms with Crippen molar-refractivity contribution in [3.05, 3.63) is 47.7 Å². The Hall–Kier alpha value is -2.30. The van der Waals surface area contributed by atoms with E-state index >= 15 is 0 Å². The number of rotatable bonds is 4. The van der Waals surface area contributed by atoms with Crippen LogP contribution >= 0.6 is 0 Å². The average molecular weight is 246 g/mol. The monoisotopic (exact) mass is 246 g/mol. The molecule has 0 aliphatic carbocycles. The predicted octanol–water partition coefficient (Wildman–Crippen LogP) is 2.32. The van der Waals surface area contributed by atoms with Crippen molar-refractivity contribution in [3.8, 4) is 0 Å². The lowest BCUT2D eigenvalue weighted by atomic mass is 10.2. The number of carbonyl (C=O) groups is 1. The van der Waals surface area contributed by atoms with Crippen LogP contribution in [0, 0.1) is 6.92 Å². The van der Waals surface area contributed by atoms with Gasteiger partial charge in [-0.15, -0.1) is 0 Å². The van der Waals surface area contributed by atoms with Gasteiger partial charge in [0.15, 0.2) is 0 Å². The van der Waals surface area contributed by atoms with Crippen molar-refractivity contribution in [1.82, 2.24) is 4.98 Å². The van der Waals surface area contributed by atoms with E-state index in [4.69, 9.17) is 9.52 Å². The second-order valence-corrected chi connectivity index (χ2v) is 4.06. The number of aromatic nitrogens is 1. The van der Waals surface area contributed by atoms with Gasteiger partial charge in [0, 0.05) is 31.5 Å². The van der Waals surface area contributed by atoms with Crippen molar-refractivity contribution in [3.63, 3.8) is 0 Å². The van der Waals surface area contributed by atoms with Crippen LogP contribution in [0.25, 0.3) is 0 Å². The molecule has 0 fully saturated rings. The number of carboxylic acids is 1. The zero-order valence-electron chi connectivity index (χ0n) is 10.3. The molecule has 2 heterocycles. The van der Waals surface area contributed by atoms with Crippen LogP contribution in [-0.2, 0) is 6.54 Å². The number of aryl methyl sites for hydroxylation is 1. The first-order valence-corrected chi connectivity index (χ1v) is 5.51. The fourth-order valence-corrected chi connectivity index (χ4v) is 1.80. The van der Waals surface area contributed by atoms with Gasteiger partial charge in [0.2, 0.25) is 0 Å². The molecular formula is C13H14N2O3. The molecule has 2 aromatic heterocycles. The lowest BCUT2D eigenvalue weighted by molar-refractivity contribution is 0.0697. The number of nitrogens with zero attached hydrogens (tertiary/aromatic N) is 2. The molecule has 1 N–H and O–H groups in total. The minimum absolute atomic E-state index is 0.196. The Bertz CT molecular complexity index is 563. The van der Waals surface area contributed by atoms with E-state index in [0.29, 0.717) is 12.2 Å². The third-order valence-electron chi connectivity index (χ3n) is 2.81. The van der Waals surface area contributed by atoms with E-state index in [-0.39, 0.29) is 5.56 Å². The summed E-state index contributed by atoms with van der Waals surface area (Å²) in [6.07, 6.45) is 4.57. The van der Waals surface area contributed by atoms with Crippen LogP contribution < -0.4 is 4.90 Å². The smallest absolute Gasteiger partial charge is 0.339 e. The van der Waals surface area contributed by atoms with E-state index in [0.717, 1.165) is 11.3 Å². The van der Waals surface area contributed by atoms with Gasteiger partial charge in [-0.1, -0.05) is 0 Å². The molecule has 0 aromatic carbocycles. The van der Waals surface area contributed by atoms with Crippen molar-refractivity contribution in [1.29, 1.82) is 0 Å². The van der Waals surface area contributed by atoms with Crippen molar-refractivity contribution in [2.45, 2.75) is 13.5 Å². The molecular weight excluding hydrogens is 232 g/mol. The van der Waals surface area contributed by atoms with Gasteiger partial charge in [0.25, 0.3) is 0 Å². The lowest BCUT2D eigenvalue weighted by Gasteiger charge is -2.20. The van der Waals surface area contributed by atoms with E-state index in [1.54, 1.807) is 18.5 Å². The number of aromatic carboxylic acids is 1. The van der Waals surface area contributed by atoms with Crippen LogP contribution in [0.5, 0.6) is 0 Å². The van der Waals surface area contributed by atoms with Gasteiger partial charge in [-0.2, -0.15) is 0 Å². The Morgan fingerprint density at radius 3 is 2.89 bits per heavy atom. The molecule has 2 rings (SSSR count). The molecule has 0 atom stereocenters. The molecule has 5 nitrogen and oxygen atoms in total. The molecule has 0 radical (unpaired) electrons. The molecule has 0 aliphatic rings. The van der Waals surface area contributed by atoms with E-state index in [2.05, 4.69) is 4.98 Å². The van der Waals surface area contributed by atoms with E-state index in [1.165, 1.54) is 6.20 Å². The Labute approximate surface area is 105 Å². The topological polar surface area (TPSA) is 66.6 Å². The number of pyridine rings is 1. The zero-order valence-corrected chi connectivity index (χ0v) is 10.3. The van der Waals surface area contributed by atoms with Gasteiger partial charge in [-0.25, -0.2) is 4.79 Å². The molecule has 0 aliphatic heterocycles. The molecule has 0 spiro atoms. The molecule has 0 saturated carbocycles. The lowest BCUT2D eigenvalue weighted by Crippen LogP contribution is -2.19. The van der Waals surface area contributed by atoms with Crippen LogP contribution in [0.3, 0.4) is 0 Å². The maximum Gasteiger partial charge on any atom is 0.339 e. The summed E-state index contributed by atoms with van der Waals surface area (Å²) in [7, 11) is 1.84. The van der Waals surface area contributed by atoms with E-state index in [9.17, 15) is 4.79 Å². The first-order chi connectivity index (χ1) is 8.59. The number of anilines is 1. The highest BCUT2D eigenvalue weighted by molar-refractivity contribution is 5.93. The normalized spacial score (nSPS) is 10.3. The van der Waals surface area contributed by atoms with Crippen LogP contribution in [0.15, 0.2) is 35.2 Å². The van der Waals surface area contributed by atoms with Crippen molar-refractivity contribution in [2.75, 3.05) is 11.9 Å². The number of hydrogen-bond acceptors (Lipinski definition) is 4. The summed E-state index contributed by atoms with van der Waals surface area (Å²) >= 11 is 0. The Morgan fingerprint density at radius 1 is 1.50 bits per heavy atom. The fraction of sp³-hybridized carbons (Fsp3) is 0.231. The highest BCUT2D eigenvalue weighted by atomic mass is 16.4. The van der Waals surface area contributed by atoms with Gasteiger partial charge in [0.1, 0.15) is 11.3 Å². The quantitative estimate of drug-likeness (QED) is 0.896. The van der Waals surface area contributed by atoms with Crippen LogP contribution in [0.1, 0.15) is 21.7 Å². The summed E-state index contributed by atoms with van der Waals surface area (Å²) in [6, 6.07) is 3.58. The summed E-state index contributed by atoms with van der Waals surface area (Å²) in [5.74, 6) is -0.137. The van der Waals surface area contributed by atoms with Gasteiger partial charge < -0.3 is 14.4 Å². The standard InChI is InChI=1S/C13H14N2O3/c1-9-10(4-6-18-9)8-15(2)12-3-5-14-7-11(12)13(16)17/h3-7H,8H2,1-2H3,(H,16,17). The first-order valence-electron chi connectivity index (χ1n) is 5.51. The molecule has 2 aromatic rings. The van der Waals surface area contributed by atoms with E-state index in [1.807, 2.05) is 24.9 Å². The molecule has 5 heteroatoms. The third-order valence-corrected chi connectivity index (χ3v) is 2.81. The second kappa shape index (κ2) is 4.91.